The second-order valence-electron chi connectivity index (χ2n) is 22.1. The van der Waals surface area contributed by atoms with Crippen LogP contribution in [0.4, 0.5) is 34.1 Å². The first-order valence-electron chi connectivity index (χ1n) is 26.2. The molecule has 0 amide bonds. The quantitative estimate of drug-likeness (QED) is 0.137. The highest BCUT2D eigenvalue weighted by molar-refractivity contribution is 6.22. The van der Waals surface area contributed by atoms with Crippen LogP contribution < -0.4 is 9.80 Å². The Morgan fingerprint density at radius 3 is 1.07 bits per heavy atom. The van der Waals surface area contributed by atoms with Crippen LogP contribution in [0.3, 0.4) is 0 Å². The zero-order chi connectivity index (χ0) is 50.6. The molecule has 0 bridgehead atoms. The van der Waals surface area contributed by atoms with Crippen LogP contribution >= 0.6 is 0 Å². The molecule has 0 atom stereocenters. The Hall–Kier alpha value is -7.30. The van der Waals surface area contributed by atoms with Crippen molar-refractivity contribution in [2.24, 2.45) is 0 Å². The molecule has 0 saturated carbocycles. The average Bonchev–Trinajstić information content (AvgIpc) is 3.88. The molecule has 0 aliphatic carbocycles. The van der Waals surface area contributed by atoms with Gasteiger partial charge in [0.15, 0.2) is 0 Å². The molecule has 0 N–H and O–H groups in total. The third-order valence-corrected chi connectivity index (χ3v) is 15.6. The fourth-order valence-corrected chi connectivity index (χ4v) is 11.7. The molecule has 0 aliphatic heterocycles. The number of hydrogen-bond acceptors (Lipinski definition) is 4. The van der Waals surface area contributed by atoms with E-state index in [2.05, 4.69) is 240 Å². The second kappa shape index (κ2) is 17.8. The molecule has 2 aromatic heterocycles. The fraction of sp³-hybridized carbons (Fsp3) is 0.265. The van der Waals surface area contributed by atoms with Gasteiger partial charge in [-0.3, -0.25) is 0 Å². The minimum absolute atomic E-state index is 0.170. The van der Waals surface area contributed by atoms with Gasteiger partial charge < -0.3 is 18.6 Å². The number of anilines is 6. The third-order valence-electron chi connectivity index (χ3n) is 15.6. The van der Waals surface area contributed by atoms with Gasteiger partial charge in [0.05, 0.1) is 11.4 Å². The zero-order valence-electron chi connectivity index (χ0n) is 44.7. The summed E-state index contributed by atoms with van der Waals surface area (Å²) < 4.78 is 14.5. The molecule has 0 unspecified atom stereocenters. The van der Waals surface area contributed by atoms with Crippen LogP contribution in [0.15, 0.2) is 142 Å². The summed E-state index contributed by atoms with van der Waals surface area (Å²) in [7, 11) is 0. The summed E-state index contributed by atoms with van der Waals surface area (Å²) >= 11 is 0. The fourth-order valence-electron chi connectivity index (χ4n) is 11.7. The Balaban J connectivity index is 1.11. The van der Waals surface area contributed by atoms with Gasteiger partial charge in [-0.2, -0.15) is 0 Å². The Labute approximate surface area is 425 Å². The number of benzene rings is 9. The van der Waals surface area contributed by atoms with Gasteiger partial charge in [-0.1, -0.05) is 128 Å². The first kappa shape index (κ1) is 47.0. The Morgan fingerprint density at radius 1 is 0.347 bits per heavy atom. The van der Waals surface area contributed by atoms with Gasteiger partial charge in [0.2, 0.25) is 0 Å². The van der Waals surface area contributed by atoms with Gasteiger partial charge in [0.25, 0.3) is 0 Å². The van der Waals surface area contributed by atoms with Crippen molar-refractivity contribution in [2.75, 3.05) is 9.80 Å². The van der Waals surface area contributed by atoms with Gasteiger partial charge >= 0.3 is 0 Å². The molecular weight excluding hydrogens is 877 g/mol. The Morgan fingerprint density at radius 2 is 0.722 bits per heavy atom. The van der Waals surface area contributed by atoms with E-state index in [0.717, 1.165) is 66.0 Å². The molecular formula is C68H68N2O2. The van der Waals surface area contributed by atoms with Crippen LogP contribution in [0, 0.1) is 41.5 Å². The van der Waals surface area contributed by atoms with E-state index < -0.39 is 0 Å². The minimum atomic E-state index is 0.170. The summed E-state index contributed by atoms with van der Waals surface area (Å²) in [6.07, 6.45) is 0. The minimum Gasteiger partial charge on any atom is -0.456 e. The standard InChI is InChI=1S/C68H68N2O2/c1-37(2)47-23-21-41(9)57(33-47)69(65-43(11)17-15-18-44(65)12)53-27-25-49-31-55-59(35-51(49)29-53)71-67-62(40(7)8)64-56-32-50-26-28-54(30-52(50)36-60(56)72-68(64)61(39(5)6)63(55)67)70(66-45(13)19-16-20-46(66)14)58-34-48(38(3)4)24-22-42(58)10/h15-40H,1-14H3. The third kappa shape index (κ3) is 7.64. The van der Waals surface area contributed by atoms with Crippen LogP contribution in [0.2, 0.25) is 0 Å². The normalized spacial score (nSPS) is 12.2. The monoisotopic (exact) mass is 945 g/mol. The van der Waals surface area contributed by atoms with Crippen molar-refractivity contribution in [3.05, 3.63) is 189 Å². The highest BCUT2D eigenvalue weighted by Crippen LogP contribution is 2.50. The van der Waals surface area contributed by atoms with Crippen molar-refractivity contribution in [1.82, 2.24) is 0 Å². The average molecular weight is 945 g/mol. The molecule has 4 nitrogen and oxygen atoms in total. The number of nitrogens with zero attached hydrogens (tertiary/aromatic N) is 2. The van der Waals surface area contributed by atoms with Gasteiger partial charge in [-0.05, 0) is 192 Å². The lowest BCUT2D eigenvalue weighted by molar-refractivity contribution is 0.649. The lowest BCUT2D eigenvalue weighted by Gasteiger charge is -2.31. The molecule has 0 fully saturated rings. The Kier molecular flexibility index (Phi) is 11.6. The summed E-state index contributed by atoms with van der Waals surface area (Å²) in [6.45, 7) is 31.6. The van der Waals surface area contributed by atoms with Crippen LogP contribution in [-0.2, 0) is 0 Å². The Bertz CT molecular complexity index is 3670. The summed E-state index contributed by atoms with van der Waals surface area (Å²) in [5, 5.41) is 9.22. The largest absolute Gasteiger partial charge is 0.456 e. The number of aryl methyl sites for hydroxylation is 6. The van der Waals surface area contributed by atoms with Gasteiger partial charge in [-0.25, -0.2) is 0 Å². The summed E-state index contributed by atoms with van der Waals surface area (Å²) in [4.78, 5) is 4.94. The maximum atomic E-state index is 7.24. The SMILES string of the molecule is Cc1ccc(C(C)C)cc1N(c1ccc2cc3c(cc2c1)oc1c(C(C)C)c2c(oc4cc5cc(N(c6cc(C(C)C)ccc6C)c6c(C)cccc6C)ccc5cc42)c(C(C)C)c13)c1c(C)cccc1C. The lowest BCUT2D eigenvalue weighted by Crippen LogP contribution is -2.14. The maximum absolute atomic E-state index is 7.24. The zero-order valence-corrected chi connectivity index (χ0v) is 44.7. The molecule has 72 heavy (non-hydrogen) atoms. The van der Waals surface area contributed by atoms with Crippen LogP contribution in [0.25, 0.3) is 65.4 Å². The highest BCUT2D eigenvalue weighted by Gasteiger charge is 2.29. The number of rotatable bonds is 10. The maximum Gasteiger partial charge on any atom is 0.140 e. The van der Waals surface area contributed by atoms with E-state index in [1.807, 2.05) is 0 Å². The molecule has 0 aliphatic rings. The van der Waals surface area contributed by atoms with Crippen molar-refractivity contribution in [3.63, 3.8) is 0 Å². The molecule has 2 heterocycles. The smallest absolute Gasteiger partial charge is 0.140 e. The van der Waals surface area contributed by atoms with E-state index in [4.69, 9.17) is 8.83 Å². The van der Waals surface area contributed by atoms with Crippen LogP contribution in [0.1, 0.15) is 135 Å². The van der Waals surface area contributed by atoms with Crippen molar-refractivity contribution in [1.29, 1.82) is 0 Å². The van der Waals surface area contributed by atoms with Crippen molar-refractivity contribution in [3.8, 4) is 0 Å². The van der Waals surface area contributed by atoms with E-state index >= 15 is 0 Å². The van der Waals surface area contributed by atoms with E-state index in [0.29, 0.717) is 11.8 Å². The molecule has 11 rings (SSSR count). The molecule has 0 radical (unpaired) electrons. The van der Waals surface area contributed by atoms with Gasteiger partial charge in [0, 0.05) is 55.4 Å². The molecule has 4 heteroatoms. The van der Waals surface area contributed by atoms with Gasteiger partial charge in [-0.15, -0.1) is 0 Å². The molecule has 9 aromatic carbocycles. The first-order chi connectivity index (χ1) is 34.5. The van der Waals surface area contributed by atoms with E-state index in [1.54, 1.807) is 0 Å². The molecule has 362 valence electrons. The molecule has 0 spiro atoms. The number of para-hydroxylation sites is 2. The van der Waals surface area contributed by atoms with E-state index in [-0.39, 0.29) is 11.8 Å². The lowest BCUT2D eigenvalue weighted by atomic mass is 9.87. The number of fused-ring (bicyclic) bond motifs is 8. The summed E-state index contributed by atoms with van der Waals surface area (Å²) in [5.41, 5.74) is 23.3. The first-order valence-corrected chi connectivity index (χ1v) is 26.2. The summed E-state index contributed by atoms with van der Waals surface area (Å²) in [6, 6.07) is 50.2. The summed E-state index contributed by atoms with van der Waals surface area (Å²) in [5.74, 6) is 1.16. The van der Waals surface area contributed by atoms with E-state index in [1.165, 1.54) is 89.2 Å². The van der Waals surface area contributed by atoms with E-state index in [9.17, 15) is 0 Å². The van der Waals surface area contributed by atoms with Crippen molar-refractivity contribution < 1.29 is 8.83 Å². The van der Waals surface area contributed by atoms with Crippen LogP contribution in [-0.4, -0.2) is 0 Å². The van der Waals surface area contributed by atoms with Crippen LogP contribution in [0.5, 0.6) is 0 Å². The topological polar surface area (TPSA) is 32.8 Å². The number of hydrogen-bond donors (Lipinski definition) is 0. The van der Waals surface area contributed by atoms with Crippen molar-refractivity contribution >= 4 is 99.5 Å². The highest BCUT2D eigenvalue weighted by atomic mass is 16.3. The predicted molar refractivity (Wildman–Crippen MR) is 310 cm³/mol. The molecule has 0 saturated heterocycles. The number of furan rings is 2. The van der Waals surface area contributed by atoms with Crippen molar-refractivity contribution in [2.45, 2.75) is 121 Å². The second-order valence-corrected chi connectivity index (χ2v) is 22.1. The van der Waals surface area contributed by atoms with Gasteiger partial charge in [0.1, 0.15) is 22.3 Å². The predicted octanol–water partition coefficient (Wildman–Crippen LogP) is 21.1. The molecule has 11 aromatic rings.